The molecule has 0 saturated carbocycles. The zero-order valence-corrected chi connectivity index (χ0v) is 22.3. The van der Waals surface area contributed by atoms with Crippen LogP contribution in [0.25, 0.3) is 0 Å². The van der Waals surface area contributed by atoms with Gasteiger partial charge in [0.05, 0.1) is 12.2 Å². The van der Waals surface area contributed by atoms with Gasteiger partial charge in [-0.1, -0.05) is 6.07 Å². The number of carbonyl (C=O) groups excluding carboxylic acids is 1. The van der Waals surface area contributed by atoms with Crippen LogP contribution in [0.15, 0.2) is 30.3 Å². The van der Waals surface area contributed by atoms with E-state index in [1.807, 2.05) is 0 Å². The van der Waals surface area contributed by atoms with Gasteiger partial charge in [-0.3, -0.25) is 4.79 Å². The van der Waals surface area contributed by atoms with E-state index in [0.717, 1.165) is 24.3 Å². The minimum absolute atomic E-state index is 0.121. The van der Waals surface area contributed by atoms with Crippen LogP contribution in [-0.4, -0.2) is 119 Å². The van der Waals surface area contributed by atoms with Gasteiger partial charge in [-0.15, -0.1) is 0 Å². The first-order chi connectivity index (χ1) is 19.8. The fourth-order valence-corrected chi connectivity index (χ4v) is 5.08. The topological polar surface area (TPSA) is 245 Å². The summed E-state index contributed by atoms with van der Waals surface area (Å²) < 4.78 is 28.5. The summed E-state index contributed by atoms with van der Waals surface area (Å²) in [7, 11) is 0. The minimum atomic E-state index is -1.80. The smallest absolute Gasteiger partial charge is 0.229 e. The Morgan fingerprint density at radius 3 is 1.93 bits per heavy atom. The van der Waals surface area contributed by atoms with Gasteiger partial charge in [0, 0.05) is 12.1 Å². The summed E-state index contributed by atoms with van der Waals surface area (Å²) in [5.74, 6) is -2.88. The van der Waals surface area contributed by atoms with Crippen molar-refractivity contribution in [2.24, 2.45) is 0 Å². The molecule has 15 heteroatoms. The zero-order valence-electron chi connectivity index (χ0n) is 22.3. The van der Waals surface area contributed by atoms with Gasteiger partial charge in [0.2, 0.25) is 12.1 Å². The second kappa shape index (κ2) is 11.4. The van der Waals surface area contributed by atoms with Gasteiger partial charge >= 0.3 is 0 Å². The molecule has 3 aliphatic heterocycles. The summed E-state index contributed by atoms with van der Waals surface area (Å²) >= 11 is 0. The molecular formula is C27H32O15. The lowest BCUT2D eigenvalue weighted by atomic mass is 9.91. The quantitative estimate of drug-likeness (QED) is 0.179. The van der Waals surface area contributed by atoms with E-state index in [-0.39, 0.29) is 22.6 Å². The molecule has 0 aliphatic carbocycles. The maximum Gasteiger partial charge on any atom is 0.229 e. The molecule has 2 fully saturated rings. The molecule has 5 rings (SSSR count). The molecule has 0 spiro atoms. The van der Waals surface area contributed by atoms with Crippen LogP contribution >= 0.6 is 0 Å². The highest BCUT2D eigenvalue weighted by Gasteiger charge is 2.49. The van der Waals surface area contributed by atoms with Gasteiger partial charge in [-0.05, 0) is 31.5 Å². The Bertz CT molecular complexity index is 1320. The second-order valence-electron chi connectivity index (χ2n) is 10.5. The van der Waals surface area contributed by atoms with Gasteiger partial charge in [0.1, 0.15) is 59.4 Å². The summed E-state index contributed by atoms with van der Waals surface area (Å²) in [6.45, 7) is 2.84. The minimum Gasteiger partial charge on any atom is -0.508 e. The molecule has 230 valence electrons. The number of ketones is 1. The highest BCUT2D eigenvalue weighted by atomic mass is 16.7. The summed E-state index contributed by atoms with van der Waals surface area (Å²) in [6, 6.07) is 5.69. The first kappa shape index (κ1) is 30.2. The maximum atomic E-state index is 14.1. The van der Waals surface area contributed by atoms with Gasteiger partial charge in [-0.25, -0.2) is 0 Å². The number of phenolic OH excluding ortho intramolecular Hbond substituents is 3. The van der Waals surface area contributed by atoms with Crippen LogP contribution < -0.4 is 9.47 Å². The molecule has 3 aliphatic rings. The third-order valence-electron chi connectivity index (χ3n) is 7.55. The molecule has 0 radical (unpaired) electrons. The van der Waals surface area contributed by atoms with Crippen LogP contribution in [-0.2, 0) is 14.2 Å². The number of Topliss-reactive ketones (excluding diaryl/α,β-unsaturated/α-hetero) is 1. The van der Waals surface area contributed by atoms with Crippen LogP contribution in [0.4, 0.5) is 0 Å². The molecule has 0 amide bonds. The molecule has 3 heterocycles. The number of hydrogen-bond acceptors (Lipinski definition) is 15. The van der Waals surface area contributed by atoms with Crippen molar-refractivity contribution in [3.05, 3.63) is 41.5 Å². The molecule has 42 heavy (non-hydrogen) atoms. The molecule has 2 saturated heterocycles. The lowest BCUT2D eigenvalue weighted by molar-refractivity contribution is -0.304. The van der Waals surface area contributed by atoms with Crippen LogP contribution in [0.5, 0.6) is 28.7 Å². The molecule has 0 bridgehead atoms. The highest BCUT2D eigenvalue weighted by molar-refractivity contribution is 6.06. The van der Waals surface area contributed by atoms with Crippen LogP contribution in [0.1, 0.15) is 35.9 Å². The summed E-state index contributed by atoms with van der Waals surface area (Å²) in [5, 5.41) is 91.8. The Hall–Kier alpha value is -3.25. The molecule has 0 aromatic heterocycles. The van der Waals surface area contributed by atoms with Crippen molar-refractivity contribution in [3.63, 3.8) is 0 Å². The van der Waals surface area contributed by atoms with Crippen LogP contribution in [0, 0.1) is 0 Å². The van der Waals surface area contributed by atoms with Gasteiger partial charge < -0.3 is 69.6 Å². The third kappa shape index (κ3) is 5.34. The number of benzene rings is 2. The van der Waals surface area contributed by atoms with Crippen LogP contribution in [0.3, 0.4) is 0 Å². The van der Waals surface area contributed by atoms with E-state index in [1.54, 1.807) is 0 Å². The van der Waals surface area contributed by atoms with Crippen molar-refractivity contribution in [1.29, 1.82) is 0 Å². The summed E-state index contributed by atoms with van der Waals surface area (Å²) in [6.07, 6.45) is -18.1. The van der Waals surface area contributed by atoms with Crippen molar-refractivity contribution >= 4 is 5.78 Å². The number of aliphatic hydroxyl groups is 6. The number of aromatic hydroxyl groups is 3. The fraction of sp³-hybridized carbons (Fsp3) is 0.519. The average Bonchev–Trinajstić information content (AvgIpc) is 2.94. The summed E-state index contributed by atoms with van der Waals surface area (Å²) in [4.78, 5) is 14.1. The van der Waals surface area contributed by atoms with Crippen molar-refractivity contribution in [3.8, 4) is 28.7 Å². The highest BCUT2D eigenvalue weighted by Crippen LogP contribution is 2.45. The molecule has 2 aromatic rings. The second-order valence-corrected chi connectivity index (χ2v) is 10.5. The molecular weight excluding hydrogens is 564 g/mol. The SMILES string of the molecule is C[C@@H]1O[C@@H](Oc2cc(O)cc3c2C(=O)C(O[C@@H]2O[C@@H](C)[C@H](O)[C@@H](O)[C@H]2O)C(c2ccc(O)c(O)c2)O3)[C@H](O)[C@H](O)[C@H]1O. The number of ether oxygens (including phenoxy) is 5. The predicted molar refractivity (Wildman–Crippen MR) is 136 cm³/mol. The van der Waals surface area contributed by atoms with Gasteiger partial charge in [0.25, 0.3) is 0 Å². The Balaban J connectivity index is 1.54. The molecule has 9 N–H and O–H groups in total. The Kier molecular flexibility index (Phi) is 8.23. The predicted octanol–water partition coefficient (Wildman–Crippen LogP) is -1.46. The van der Waals surface area contributed by atoms with E-state index < -0.39 is 96.7 Å². The lowest BCUT2D eigenvalue weighted by Gasteiger charge is -2.42. The first-order valence-corrected chi connectivity index (χ1v) is 13.1. The van der Waals surface area contributed by atoms with E-state index in [0.29, 0.717) is 0 Å². The fourth-order valence-electron chi connectivity index (χ4n) is 5.08. The molecule has 12 atom stereocenters. The first-order valence-electron chi connectivity index (χ1n) is 13.1. The number of fused-ring (bicyclic) bond motifs is 1. The summed E-state index contributed by atoms with van der Waals surface area (Å²) in [5.41, 5.74) is -0.184. The molecule has 2 aromatic carbocycles. The zero-order chi connectivity index (χ0) is 30.6. The average molecular weight is 597 g/mol. The van der Waals surface area contributed by atoms with E-state index in [2.05, 4.69) is 0 Å². The molecule has 15 nitrogen and oxygen atoms in total. The number of hydrogen-bond donors (Lipinski definition) is 9. The van der Waals surface area contributed by atoms with Gasteiger partial charge in [0.15, 0.2) is 30.0 Å². The number of aliphatic hydroxyl groups excluding tert-OH is 6. The number of carbonyl (C=O) groups is 1. The largest absolute Gasteiger partial charge is 0.508 e. The van der Waals surface area contributed by atoms with Gasteiger partial charge in [-0.2, -0.15) is 0 Å². The number of rotatable bonds is 5. The van der Waals surface area contributed by atoms with Crippen molar-refractivity contribution in [2.45, 2.75) is 87.5 Å². The number of phenols is 3. The monoisotopic (exact) mass is 596 g/mol. The van der Waals surface area contributed by atoms with Crippen molar-refractivity contribution < 1.29 is 74.4 Å². The normalized spacial score (nSPS) is 38.4. The Labute approximate surface area is 238 Å². The van der Waals surface area contributed by atoms with Crippen molar-refractivity contribution in [1.82, 2.24) is 0 Å². The van der Waals surface area contributed by atoms with Crippen molar-refractivity contribution in [2.75, 3.05) is 0 Å². The van der Waals surface area contributed by atoms with E-state index in [9.17, 15) is 50.8 Å². The standard InChI is InChI=1S/C27H32O15/c1-8-17(31)20(34)22(36)26(38-8)41-15-7-11(28)6-14-16(15)19(33)25(24(40-14)10-3-4-12(29)13(30)5-10)42-27-23(37)21(35)18(32)9(2)39-27/h3-9,17-18,20-32,34-37H,1-2H3/t8-,9-,17-,18-,20+,21+,22+,23+,24?,25?,26-,27-/m0/s1. The van der Waals surface area contributed by atoms with E-state index in [4.69, 9.17) is 23.7 Å². The Morgan fingerprint density at radius 1 is 0.714 bits per heavy atom. The maximum absolute atomic E-state index is 14.1. The van der Waals surface area contributed by atoms with Crippen LogP contribution in [0.2, 0.25) is 0 Å². The van der Waals surface area contributed by atoms with E-state index in [1.165, 1.54) is 19.9 Å². The van der Waals surface area contributed by atoms with E-state index >= 15 is 0 Å². The lowest BCUT2D eigenvalue weighted by Crippen LogP contribution is -2.59. The molecule has 2 unspecified atom stereocenters. The Morgan fingerprint density at radius 2 is 1.31 bits per heavy atom. The third-order valence-corrected chi connectivity index (χ3v) is 7.55.